The monoisotopic (exact) mass is 232 g/mol. The highest BCUT2D eigenvalue weighted by Gasteiger charge is 2.60. The molecule has 1 atom stereocenters. The van der Waals surface area contributed by atoms with Crippen LogP contribution in [0.4, 0.5) is 0 Å². The van der Waals surface area contributed by atoms with Gasteiger partial charge in [0.05, 0.1) is 6.54 Å². The molecule has 2 aliphatic rings. The Morgan fingerprint density at radius 1 is 1.53 bits per heavy atom. The molecule has 2 aliphatic heterocycles. The summed E-state index contributed by atoms with van der Waals surface area (Å²) < 4.78 is 23.3. The van der Waals surface area contributed by atoms with Crippen molar-refractivity contribution in [1.29, 1.82) is 0 Å². The van der Waals surface area contributed by atoms with Crippen LogP contribution in [-0.4, -0.2) is 42.5 Å². The van der Waals surface area contributed by atoms with Crippen molar-refractivity contribution in [3.05, 3.63) is 0 Å². The lowest BCUT2D eigenvalue weighted by Crippen LogP contribution is -2.68. The summed E-state index contributed by atoms with van der Waals surface area (Å²) in [6.45, 7) is 4.13. The van der Waals surface area contributed by atoms with Crippen molar-refractivity contribution in [2.75, 3.05) is 13.1 Å². The minimum absolute atomic E-state index is 0.139. The maximum absolute atomic E-state index is 11.7. The molecule has 0 unspecified atom stereocenters. The molecule has 0 radical (unpaired) electrons. The standard InChI is InChI=1S/C9H16N2O3S/c1-9(2)8(12)11(15(9,13)14)6-7-4-3-5-10-7/h7,10H,3-6H2,1-2H3/t7-/m0/s1. The van der Waals surface area contributed by atoms with Crippen LogP contribution in [0.25, 0.3) is 0 Å². The predicted molar refractivity (Wildman–Crippen MR) is 55.7 cm³/mol. The Balaban J connectivity index is 2.09. The van der Waals surface area contributed by atoms with E-state index in [9.17, 15) is 13.2 Å². The molecular weight excluding hydrogens is 216 g/mol. The lowest BCUT2D eigenvalue weighted by atomic mass is 10.1. The lowest BCUT2D eigenvalue weighted by molar-refractivity contribution is -0.132. The number of hydrogen-bond donors (Lipinski definition) is 1. The molecule has 0 bridgehead atoms. The van der Waals surface area contributed by atoms with Crippen molar-refractivity contribution >= 4 is 15.9 Å². The van der Waals surface area contributed by atoms with Crippen LogP contribution < -0.4 is 5.32 Å². The summed E-state index contributed by atoms with van der Waals surface area (Å²) in [6, 6.07) is 0.139. The van der Waals surface area contributed by atoms with E-state index in [0.29, 0.717) is 6.54 Å². The van der Waals surface area contributed by atoms with E-state index in [1.54, 1.807) is 0 Å². The molecular formula is C9H16N2O3S. The van der Waals surface area contributed by atoms with Gasteiger partial charge in [-0.25, -0.2) is 12.7 Å². The van der Waals surface area contributed by atoms with Gasteiger partial charge in [-0.15, -0.1) is 0 Å². The molecule has 2 saturated heterocycles. The van der Waals surface area contributed by atoms with Gasteiger partial charge in [0.25, 0.3) is 15.9 Å². The van der Waals surface area contributed by atoms with Gasteiger partial charge in [0, 0.05) is 6.04 Å². The minimum atomic E-state index is -3.39. The van der Waals surface area contributed by atoms with Gasteiger partial charge in [0.2, 0.25) is 0 Å². The normalized spacial score (nSPS) is 32.8. The Labute approximate surface area is 89.9 Å². The van der Waals surface area contributed by atoms with Crippen LogP contribution in [0.15, 0.2) is 0 Å². The van der Waals surface area contributed by atoms with Crippen molar-refractivity contribution in [3.8, 4) is 0 Å². The number of amides is 1. The lowest BCUT2D eigenvalue weighted by Gasteiger charge is -2.44. The summed E-state index contributed by atoms with van der Waals surface area (Å²) in [4.78, 5) is 11.6. The van der Waals surface area contributed by atoms with Crippen molar-refractivity contribution in [2.24, 2.45) is 0 Å². The Kier molecular flexibility index (Phi) is 2.31. The summed E-state index contributed by atoms with van der Waals surface area (Å²) in [5.74, 6) is -0.281. The number of carbonyl (C=O) groups excluding carboxylic acids is 1. The van der Waals surface area contributed by atoms with E-state index in [0.717, 1.165) is 23.7 Å². The Hall–Kier alpha value is -0.620. The Morgan fingerprint density at radius 3 is 2.67 bits per heavy atom. The molecule has 0 saturated carbocycles. The van der Waals surface area contributed by atoms with E-state index in [1.807, 2.05) is 0 Å². The summed E-state index contributed by atoms with van der Waals surface area (Å²) in [7, 11) is -3.39. The molecule has 0 aliphatic carbocycles. The molecule has 0 spiro atoms. The second-order valence-electron chi connectivity index (χ2n) is 4.64. The van der Waals surface area contributed by atoms with Gasteiger partial charge in [0.1, 0.15) is 0 Å². The fourth-order valence-corrected chi connectivity index (χ4v) is 3.62. The Bertz CT molecular complexity index is 382. The molecule has 2 rings (SSSR count). The highest BCUT2D eigenvalue weighted by Crippen LogP contribution is 2.35. The summed E-state index contributed by atoms with van der Waals surface area (Å²) in [5.41, 5.74) is 0. The average Bonchev–Trinajstić information content (AvgIpc) is 2.65. The third-order valence-corrected chi connectivity index (χ3v) is 5.58. The number of nitrogens with one attached hydrogen (secondary N) is 1. The predicted octanol–water partition coefficient (Wildman–Crippen LogP) is -0.311. The van der Waals surface area contributed by atoms with Gasteiger partial charge < -0.3 is 5.32 Å². The molecule has 0 aromatic carbocycles. The first-order valence-corrected chi connectivity index (χ1v) is 6.61. The number of hydrogen-bond acceptors (Lipinski definition) is 4. The largest absolute Gasteiger partial charge is 0.312 e. The average molecular weight is 232 g/mol. The maximum Gasteiger partial charge on any atom is 0.258 e. The van der Waals surface area contributed by atoms with Crippen molar-refractivity contribution < 1.29 is 13.2 Å². The third kappa shape index (κ3) is 1.38. The van der Waals surface area contributed by atoms with Crippen LogP contribution in [0.2, 0.25) is 0 Å². The quantitative estimate of drug-likeness (QED) is 0.709. The van der Waals surface area contributed by atoms with E-state index < -0.39 is 14.8 Å². The minimum Gasteiger partial charge on any atom is -0.312 e. The van der Waals surface area contributed by atoms with Gasteiger partial charge in [-0.05, 0) is 33.2 Å². The highest BCUT2D eigenvalue weighted by atomic mass is 32.2. The van der Waals surface area contributed by atoms with Crippen LogP contribution in [0, 0.1) is 0 Å². The van der Waals surface area contributed by atoms with Gasteiger partial charge in [-0.2, -0.15) is 0 Å². The first-order valence-electron chi connectivity index (χ1n) is 5.17. The molecule has 15 heavy (non-hydrogen) atoms. The van der Waals surface area contributed by atoms with E-state index in [2.05, 4.69) is 5.32 Å². The van der Waals surface area contributed by atoms with E-state index >= 15 is 0 Å². The molecule has 1 N–H and O–H groups in total. The topological polar surface area (TPSA) is 66.5 Å². The first kappa shape index (κ1) is 10.9. The molecule has 5 nitrogen and oxygen atoms in total. The van der Waals surface area contributed by atoms with Gasteiger partial charge in [0.15, 0.2) is 4.75 Å². The maximum atomic E-state index is 11.7. The van der Waals surface area contributed by atoms with Crippen molar-refractivity contribution in [3.63, 3.8) is 0 Å². The first-order chi connectivity index (χ1) is 6.87. The summed E-state index contributed by atoms with van der Waals surface area (Å²) in [6.07, 6.45) is 2.00. The SMILES string of the molecule is CC1(C)C(=O)N(C[C@@H]2CCCN2)S1(=O)=O. The summed E-state index contributed by atoms with van der Waals surface area (Å²) >= 11 is 0. The molecule has 6 heteroatoms. The molecule has 0 aromatic rings. The number of rotatable bonds is 2. The number of carbonyl (C=O) groups is 1. The zero-order valence-corrected chi connectivity index (χ0v) is 9.80. The molecule has 2 heterocycles. The Morgan fingerprint density at radius 2 is 2.20 bits per heavy atom. The zero-order valence-electron chi connectivity index (χ0n) is 8.99. The molecule has 86 valence electrons. The molecule has 2 fully saturated rings. The van der Waals surface area contributed by atoms with Crippen LogP contribution in [0.5, 0.6) is 0 Å². The van der Waals surface area contributed by atoms with Crippen LogP contribution >= 0.6 is 0 Å². The van der Waals surface area contributed by atoms with E-state index in [4.69, 9.17) is 0 Å². The fraction of sp³-hybridized carbons (Fsp3) is 0.889. The van der Waals surface area contributed by atoms with Gasteiger partial charge >= 0.3 is 0 Å². The van der Waals surface area contributed by atoms with E-state index in [1.165, 1.54) is 13.8 Å². The van der Waals surface area contributed by atoms with Gasteiger partial charge in [-0.3, -0.25) is 4.79 Å². The van der Waals surface area contributed by atoms with Crippen molar-refractivity contribution in [2.45, 2.75) is 37.5 Å². The molecule has 1 amide bonds. The van der Waals surface area contributed by atoms with Crippen molar-refractivity contribution in [1.82, 2.24) is 9.62 Å². The van der Waals surface area contributed by atoms with Crippen LogP contribution in [0.3, 0.4) is 0 Å². The number of nitrogens with zero attached hydrogens (tertiary/aromatic N) is 1. The van der Waals surface area contributed by atoms with E-state index in [-0.39, 0.29) is 11.9 Å². The zero-order chi connectivity index (χ0) is 11.3. The van der Waals surface area contributed by atoms with Crippen LogP contribution in [0.1, 0.15) is 26.7 Å². The second kappa shape index (κ2) is 3.18. The number of sulfonamides is 1. The third-order valence-electron chi connectivity index (χ3n) is 3.23. The smallest absolute Gasteiger partial charge is 0.258 e. The van der Waals surface area contributed by atoms with Crippen LogP contribution in [-0.2, 0) is 14.8 Å². The fourth-order valence-electron chi connectivity index (χ4n) is 2.05. The highest BCUT2D eigenvalue weighted by molar-refractivity contribution is 7.94. The second-order valence-corrected chi connectivity index (χ2v) is 7.06. The molecule has 0 aromatic heterocycles. The summed E-state index contributed by atoms with van der Waals surface area (Å²) in [5, 5.41) is 3.18. The van der Waals surface area contributed by atoms with Gasteiger partial charge in [-0.1, -0.05) is 0 Å².